The van der Waals surface area contributed by atoms with E-state index in [1.54, 1.807) is 0 Å². The van der Waals surface area contributed by atoms with E-state index < -0.39 is 46.4 Å². The number of nitro benzene ring substituents is 1. The molecule has 0 aliphatic carbocycles. The fourth-order valence-corrected chi connectivity index (χ4v) is 1.21. The average molecular weight is 247 g/mol. The number of halogens is 2. The largest absolute Gasteiger partial charge is 0.495 e. The van der Waals surface area contributed by atoms with E-state index in [1.165, 1.54) is 0 Å². The highest BCUT2D eigenvalue weighted by molar-refractivity contribution is 6.60. The van der Waals surface area contributed by atoms with Crippen LogP contribution in [0.15, 0.2) is 6.07 Å². The van der Waals surface area contributed by atoms with Crippen LogP contribution in [0.5, 0.6) is 0 Å². The quantitative estimate of drug-likeness (QED) is 0.367. The molecule has 0 aliphatic rings. The van der Waals surface area contributed by atoms with Gasteiger partial charge in [0.05, 0.1) is 10.4 Å². The molecule has 0 radical (unpaired) electrons. The summed E-state index contributed by atoms with van der Waals surface area (Å²) in [4.78, 5) is 19.6. The van der Waals surface area contributed by atoms with Gasteiger partial charge >= 0.3 is 18.8 Å². The predicted octanol–water partition coefficient (Wildman–Crippen LogP) is -0.749. The van der Waals surface area contributed by atoms with Crippen LogP contribution in [0.25, 0.3) is 0 Å². The zero-order valence-corrected chi connectivity index (χ0v) is 7.92. The lowest BCUT2D eigenvalue weighted by atomic mass is 9.78. The second-order valence-corrected chi connectivity index (χ2v) is 2.92. The van der Waals surface area contributed by atoms with Crippen LogP contribution in [-0.2, 0) is 0 Å². The van der Waals surface area contributed by atoms with Crippen molar-refractivity contribution in [3.05, 3.63) is 33.4 Å². The lowest BCUT2D eigenvalue weighted by molar-refractivity contribution is -0.386. The first-order valence-corrected chi connectivity index (χ1v) is 4.03. The Morgan fingerprint density at radius 2 is 1.94 bits per heavy atom. The summed E-state index contributed by atoms with van der Waals surface area (Å²) in [7, 11) is -2.50. The van der Waals surface area contributed by atoms with Crippen molar-refractivity contribution in [3.8, 4) is 0 Å². The van der Waals surface area contributed by atoms with Crippen molar-refractivity contribution in [2.24, 2.45) is 0 Å². The van der Waals surface area contributed by atoms with Gasteiger partial charge in [0.15, 0.2) is 0 Å². The number of carboxylic acids is 1. The number of hydrogen-bond donors (Lipinski definition) is 3. The minimum atomic E-state index is -2.50. The Kier molecular flexibility index (Phi) is 3.39. The maximum absolute atomic E-state index is 13.4. The molecule has 1 rings (SSSR count). The van der Waals surface area contributed by atoms with Crippen LogP contribution in [0.2, 0.25) is 0 Å². The number of hydrogen-bond acceptors (Lipinski definition) is 5. The molecule has 1 aromatic carbocycles. The molecule has 10 heteroatoms. The zero-order chi connectivity index (χ0) is 13.3. The van der Waals surface area contributed by atoms with Crippen molar-refractivity contribution < 1.29 is 33.7 Å². The van der Waals surface area contributed by atoms with E-state index in [-0.39, 0.29) is 6.07 Å². The van der Waals surface area contributed by atoms with E-state index in [4.69, 9.17) is 15.2 Å². The molecule has 0 amide bonds. The molecule has 0 bridgehead atoms. The third-order valence-corrected chi connectivity index (χ3v) is 1.90. The van der Waals surface area contributed by atoms with Gasteiger partial charge in [0.2, 0.25) is 5.82 Å². The van der Waals surface area contributed by atoms with Crippen LogP contribution in [0.1, 0.15) is 10.4 Å². The fourth-order valence-electron chi connectivity index (χ4n) is 1.21. The number of carbonyl (C=O) groups is 1. The summed E-state index contributed by atoms with van der Waals surface area (Å²) < 4.78 is 26.5. The summed E-state index contributed by atoms with van der Waals surface area (Å²) in [6.07, 6.45) is 0. The molecule has 0 atom stereocenters. The second kappa shape index (κ2) is 4.43. The lowest BCUT2D eigenvalue weighted by Gasteiger charge is -2.06. The van der Waals surface area contributed by atoms with E-state index in [0.29, 0.717) is 0 Å². The number of nitrogens with zero attached hydrogens (tertiary/aromatic N) is 1. The summed E-state index contributed by atoms with van der Waals surface area (Å²) in [5, 5.41) is 36.3. The van der Waals surface area contributed by atoms with Gasteiger partial charge < -0.3 is 15.2 Å². The normalized spacial score (nSPS) is 10.1. The van der Waals surface area contributed by atoms with Gasteiger partial charge in [-0.15, -0.1) is 0 Å². The Bertz CT molecular complexity index is 506. The highest BCUT2D eigenvalue weighted by Gasteiger charge is 2.34. The molecular weight excluding hydrogens is 243 g/mol. The highest BCUT2D eigenvalue weighted by atomic mass is 19.1. The van der Waals surface area contributed by atoms with E-state index in [0.717, 1.165) is 0 Å². The molecule has 7 nitrogen and oxygen atoms in total. The van der Waals surface area contributed by atoms with Gasteiger partial charge in [-0.3, -0.25) is 10.1 Å². The third kappa shape index (κ3) is 2.22. The molecule has 90 valence electrons. The Morgan fingerprint density at radius 1 is 1.41 bits per heavy atom. The van der Waals surface area contributed by atoms with E-state index >= 15 is 0 Å². The van der Waals surface area contributed by atoms with Gasteiger partial charge in [0.1, 0.15) is 11.4 Å². The van der Waals surface area contributed by atoms with E-state index in [9.17, 15) is 23.7 Å². The highest BCUT2D eigenvalue weighted by Crippen LogP contribution is 2.21. The van der Waals surface area contributed by atoms with Crippen LogP contribution in [0.4, 0.5) is 14.5 Å². The Hall–Kier alpha value is -2.07. The van der Waals surface area contributed by atoms with Crippen LogP contribution in [-0.4, -0.2) is 33.2 Å². The van der Waals surface area contributed by atoms with Gasteiger partial charge in [-0.25, -0.2) is 9.18 Å². The standard InChI is InChI=1S/C7H4BF2NO6/c9-3-1-2(8(14)15)6(11(16)17)5(10)4(3)7(12)13/h1,14-15H,(H,12,13). The Morgan fingerprint density at radius 3 is 2.29 bits per heavy atom. The van der Waals surface area contributed by atoms with E-state index in [2.05, 4.69) is 0 Å². The molecule has 3 N–H and O–H groups in total. The fraction of sp³-hybridized carbons (Fsp3) is 0. The molecule has 1 aromatic rings. The SMILES string of the molecule is O=C(O)c1c(F)cc(B(O)O)c([N+](=O)[O-])c1F. The first-order valence-electron chi connectivity index (χ1n) is 4.03. The Balaban J connectivity index is 3.70. The van der Waals surface area contributed by atoms with Gasteiger partial charge in [0.25, 0.3) is 0 Å². The monoisotopic (exact) mass is 247 g/mol. The molecule has 17 heavy (non-hydrogen) atoms. The number of nitro groups is 1. The van der Waals surface area contributed by atoms with Crippen LogP contribution >= 0.6 is 0 Å². The van der Waals surface area contributed by atoms with Crippen molar-refractivity contribution in [1.82, 2.24) is 0 Å². The minimum absolute atomic E-state index is 0.190. The summed E-state index contributed by atoms with van der Waals surface area (Å²) >= 11 is 0. The van der Waals surface area contributed by atoms with Crippen molar-refractivity contribution in [1.29, 1.82) is 0 Å². The Labute approximate surface area is 92.2 Å². The number of benzene rings is 1. The topological polar surface area (TPSA) is 121 Å². The summed E-state index contributed by atoms with van der Waals surface area (Å²) in [6.45, 7) is 0. The predicted molar refractivity (Wildman–Crippen MR) is 49.8 cm³/mol. The third-order valence-electron chi connectivity index (χ3n) is 1.90. The van der Waals surface area contributed by atoms with Gasteiger partial charge in [-0.05, 0) is 6.07 Å². The minimum Gasteiger partial charge on any atom is -0.477 e. The first kappa shape index (κ1) is 13.0. The van der Waals surface area contributed by atoms with Crippen molar-refractivity contribution >= 4 is 24.2 Å². The molecule has 0 spiro atoms. The maximum Gasteiger partial charge on any atom is 0.495 e. The molecule has 0 heterocycles. The van der Waals surface area contributed by atoms with Crippen molar-refractivity contribution in [3.63, 3.8) is 0 Å². The molecule has 0 saturated heterocycles. The van der Waals surface area contributed by atoms with Crippen molar-refractivity contribution in [2.45, 2.75) is 0 Å². The van der Waals surface area contributed by atoms with Crippen molar-refractivity contribution in [2.75, 3.05) is 0 Å². The number of carboxylic acid groups (broad SMARTS) is 1. The molecule has 0 fully saturated rings. The smallest absolute Gasteiger partial charge is 0.477 e. The molecule has 0 aromatic heterocycles. The summed E-state index contributed by atoms with van der Waals surface area (Å²) in [5.41, 5.74) is -4.07. The summed E-state index contributed by atoms with van der Waals surface area (Å²) in [6, 6.07) is 0.190. The molecule has 0 saturated carbocycles. The van der Waals surface area contributed by atoms with E-state index in [1.807, 2.05) is 0 Å². The van der Waals surface area contributed by atoms with Crippen LogP contribution < -0.4 is 5.46 Å². The lowest BCUT2D eigenvalue weighted by Crippen LogP contribution is -2.34. The number of rotatable bonds is 3. The number of aromatic carboxylic acids is 1. The zero-order valence-electron chi connectivity index (χ0n) is 7.92. The van der Waals surface area contributed by atoms with Crippen LogP contribution in [0.3, 0.4) is 0 Å². The molecule has 0 aliphatic heterocycles. The average Bonchev–Trinajstić information content (AvgIpc) is 2.14. The maximum atomic E-state index is 13.4. The van der Waals surface area contributed by atoms with Gasteiger partial charge in [0, 0.05) is 0 Å². The van der Waals surface area contributed by atoms with Gasteiger partial charge in [-0.1, -0.05) is 0 Å². The second-order valence-electron chi connectivity index (χ2n) is 2.92. The first-order chi connectivity index (χ1) is 7.77. The summed E-state index contributed by atoms with van der Waals surface area (Å²) in [5.74, 6) is -5.64. The molecular formula is C7H4BF2NO6. The molecule has 0 unspecified atom stereocenters. The van der Waals surface area contributed by atoms with Crippen LogP contribution in [0, 0.1) is 21.7 Å². The van der Waals surface area contributed by atoms with Gasteiger partial charge in [-0.2, -0.15) is 4.39 Å².